The Balaban J connectivity index is 1.21. The lowest BCUT2D eigenvalue weighted by molar-refractivity contribution is 0.0642. The monoisotopic (exact) mass is 455 g/mol. The zero-order chi connectivity index (χ0) is 23.5. The molecule has 172 valence electrons. The lowest BCUT2D eigenvalue weighted by atomic mass is 10.1. The smallest absolute Gasteiger partial charge is 0.261 e. The van der Waals surface area contributed by atoms with Gasteiger partial charge in [0.15, 0.2) is 0 Å². The minimum atomic E-state index is -0.316. The molecule has 1 aromatic heterocycles. The number of fused-ring (bicyclic) bond motifs is 1. The van der Waals surface area contributed by atoms with E-state index in [0.717, 1.165) is 18.4 Å². The summed E-state index contributed by atoms with van der Waals surface area (Å²) in [5.74, 6) is -0.284. The number of benzene rings is 2. The van der Waals surface area contributed by atoms with Gasteiger partial charge in [-0.15, -0.1) is 0 Å². The van der Waals surface area contributed by atoms with Crippen LogP contribution in [-0.4, -0.2) is 33.7 Å². The predicted molar refractivity (Wildman–Crippen MR) is 125 cm³/mol. The van der Waals surface area contributed by atoms with Gasteiger partial charge in [0.05, 0.1) is 17.7 Å². The summed E-state index contributed by atoms with van der Waals surface area (Å²) in [6.07, 6.45) is 6.40. The Morgan fingerprint density at radius 1 is 0.941 bits per heavy atom. The van der Waals surface area contributed by atoms with Crippen LogP contribution < -0.4 is 10.1 Å². The molecule has 0 atom stereocenters. The van der Waals surface area contributed by atoms with Crippen LogP contribution in [-0.2, 0) is 13.1 Å². The molecular formula is C27H25N3O4. The highest BCUT2D eigenvalue weighted by atomic mass is 16.5. The fourth-order valence-electron chi connectivity index (χ4n) is 4.46. The molecule has 0 bridgehead atoms. The minimum absolute atomic E-state index is 0.111. The molecule has 2 heterocycles. The van der Waals surface area contributed by atoms with E-state index in [-0.39, 0.29) is 30.4 Å². The van der Waals surface area contributed by atoms with Gasteiger partial charge in [-0.2, -0.15) is 0 Å². The van der Waals surface area contributed by atoms with Gasteiger partial charge >= 0.3 is 0 Å². The maximum Gasteiger partial charge on any atom is 0.261 e. The molecule has 7 heteroatoms. The van der Waals surface area contributed by atoms with E-state index in [4.69, 9.17) is 4.74 Å². The van der Waals surface area contributed by atoms with Crippen LogP contribution in [0.1, 0.15) is 67.9 Å². The first-order chi connectivity index (χ1) is 16.6. The molecule has 0 radical (unpaired) electrons. The van der Waals surface area contributed by atoms with Crippen molar-refractivity contribution < 1.29 is 19.1 Å². The van der Waals surface area contributed by atoms with E-state index in [2.05, 4.69) is 10.3 Å². The molecule has 0 spiro atoms. The van der Waals surface area contributed by atoms with Crippen LogP contribution in [0.3, 0.4) is 0 Å². The zero-order valence-electron chi connectivity index (χ0n) is 18.7. The molecule has 1 aliphatic carbocycles. The van der Waals surface area contributed by atoms with Gasteiger partial charge in [0.1, 0.15) is 6.10 Å². The zero-order valence-corrected chi connectivity index (χ0v) is 18.7. The minimum Gasteiger partial charge on any atom is -0.474 e. The molecule has 1 saturated carbocycles. The molecule has 7 nitrogen and oxygen atoms in total. The molecule has 34 heavy (non-hydrogen) atoms. The van der Waals surface area contributed by atoms with Crippen LogP contribution in [0, 0.1) is 0 Å². The van der Waals surface area contributed by atoms with E-state index in [9.17, 15) is 14.4 Å². The van der Waals surface area contributed by atoms with Crippen LogP contribution in [0.4, 0.5) is 0 Å². The van der Waals surface area contributed by atoms with Gasteiger partial charge in [-0.1, -0.05) is 24.3 Å². The summed E-state index contributed by atoms with van der Waals surface area (Å²) in [5, 5.41) is 2.92. The summed E-state index contributed by atoms with van der Waals surface area (Å²) in [5.41, 5.74) is 2.90. The molecular weight excluding hydrogens is 430 g/mol. The van der Waals surface area contributed by atoms with Crippen molar-refractivity contribution in [2.75, 3.05) is 0 Å². The second-order valence-corrected chi connectivity index (χ2v) is 8.65. The van der Waals surface area contributed by atoms with Gasteiger partial charge in [0.2, 0.25) is 5.88 Å². The molecule has 0 saturated heterocycles. The van der Waals surface area contributed by atoms with E-state index >= 15 is 0 Å². The third-order valence-corrected chi connectivity index (χ3v) is 6.25. The number of carbonyl (C=O) groups excluding carboxylic acids is 3. The second-order valence-electron chi connectivity index (χ2n) is 8.65. The normalized spacial score (nSPS) is 15.5. The molecule has 2 aromatic carbocycles. The molecule has 2 aliphatic rings. The van der Waals surface area contributed by atoms with E-state index < -0.39 is 0 Å². The Bertz CT molecular complexity index is 1210. The fraction of sp³-hybridized carbons (Fsp3) is 0.259. The molecule has 0 unspecified atom stereocenters. The Labute approximate surface area is 197 Å². The van der Waals surface area contributed by atoms with Gasteiger partial charge in [-0.3, -0.25) is 19.3 Å². The number of imide groups is 1. The Hall–Kier alpha value is -4.00. The number of nitrogens with zero attached hydrogens (tertiary/aromatic N) is 2. The van der Waals surface area contributed by atoms with E-state index in [1.165, 1.54) is 17.7 Å². The summed E-state index contributed by atoms with van der Waals surface area (Å²) >= 11 is 0. The molecule has 1 N–H and O–H groups in total. The quantitative estimate of drug-likeness (QED) is 0.541. The maximum absolute atomic E-state index is 12.8. The number of rotatable bonds is 7. The lowest BCUT2D eigenvalue weighted by Gasteiger charge is -2.15. The number of aromatic nitrogens is 1. The summed E-state index contributed by atoms with van der Waals surface area (Å²) in [7, 11) is 0. The van der Waals surface area contributed by atoms with Crippen LogP contribution in [0.15, 0.2) is 66.9 Å². The average Bonchev–Trinajstić information content (AvgIpc) is 3.46. The Morgan fingerprint density at radius 2 is 1.68 bits per heavy atom. The van der Waals surface area contributed by atoms with Crippen molar-refractivity contribution in [2.24, 2.45) is 0 Å². The van der Waals surface area contributed by atoms with Gasteiger partial charge in [0.25, 0.3) is 17.7 Å². The maximum atomic E-state index is 12.8. The standard InChI is InChI=1S/C27H25N3O4/c31-25(29-16-18-12-13-28-24(15-18)34-21-8-1-2-9-21)20-7-5-6-19(14-20)17-30-26(32)22-10-3-4-11-23(22)27(30)33/h3-7,10-15,21H,1-2,8-9,16-17H2,(H,29,31). The average molecular weight is 456 g/mol. The van der Waals surface area contributed by atoms with Crippen molar-refractivity contribution in [1.82, 2.24) is 15.2 Å². The lowest BCUT2D eigenvalue weighted by Crippen LogP contribution is -2.29. The Morgan fingerprint density at radius 3 is 2.41 bits per heavy atom. The van der Waals surface area contributed by atoms with Crippen LogP contribution in [0.5, 0.6) is 5.88 Å². The summed E-state index contributed by atoms with van der Waals surface area (Å²) in [4.78, 5) is 43.5. The second kappa shape index (κ2) is 9.47. The molecule has 3 aromatic rings. The van der Waals surface area contributed by atoms with Crippen molar-refractivity contribution in [1.29, 1.82) is 0 Å². The number of ether oxygens (including phenoxy) is 1. The van der Waals surface area contributed by atoms with Gasteiger partial charge in [-0.05, 0) is 67.1 Å². The van der Waals surface area contributed by atoms with Crippen LogP contribution in [0.2, 0.25) is 0 Å². The molecule has 5 rings (SSSR count). The first-order valence-corrected chi connectivity index (χ1v) is 11.5. The van der Waals surface area contributed by atoms with Crippen LogP contribution >= 0.6 is 0 Å². The first kappa shape index (κ1) is 21.8. The Kier molecular flexibility index (Phi) is 6.08. The molecule has 3 amide bonds. The van der Waals surface area contributed by atoms with Crippen LogP contribution in [0.25, 0.3) is 0 Å². The van der Waals surface area contributed by atoms with Gasteiger partial charge < -0.3 is 10.1 Å². The van der Waals surface area contributed by atoms with Crippen molar-refractivity contribution in [3.8, 4) is 5.88 Å². The topological polar surface area (TPSA) is 88.6 Å². The largest absolute Gasteiger partial charge is 0.474 e. The SMILES string of the molecule is O=C(NCc1ccnc(OC2CCCC2)c1)c1cccc(CN2C(=O)c3ccccc3C2=O)c1. The van der Waals surface area contributed by atoms with E-state index in [0.29, 0.717) is 34.7 Å². The number of hydrogen-bond acceptors (Lipinski definition) is 5. The summed E-state index contributed by atoms with van der Waals surface area (Å²) in [6.45, 7) is 0.449. The highest BCUT2D eigenvalue weighted by Crippen LogP contribution is 2.25. The van der Waals surface area contributed by atoms with E-state index in [1.54, 1.807) is 54.7 Å². The van der Waals surface area contributed by atoms with Gasteiger partial charge in [0, 0.05) is 24.4 Å². The number of pyridine rings is 1. The van der Waals surface area contributed by atoms with Crippen molar-refractivity contribution in [2.45, 2.75) is 44.9 Å². The van der Waals surface area contributed by atoms with Crippen molar-refractivity contribution >= 4 is 17.7 Å². The first-order valence-electron chi connectivity index (χ1n) is 11.5. The summed E-state index contributed by atoms with van der Waals surface area (Å²) < 4.78 is 5.94. The highest BCUT2D eigenvalue weighted by Gasteiger charge is 2.35. The fourth-order valence-corrected chi connectivity index (χ4v) is 4.46. The van der Waals surface area contributed by atoms with E-state index in [1.807, 2.05) is 12.1 Å². The highest BCUT2D eigenvalue weighted by molar-refractivity contribution is 6.21. The van der Waals surface area contributed by atoms with Gasteiger partial charge in [-0.25, -0.2) is 4.98 Å². The third kappa shape index (κ3) is 4.55. The van der Waals surface area contributed by atoms with Crippen molar-refractivity contribution in [3.63, 3.8) is 0 Å². The number of nitrogens with one attached hydrogen (secondary N) is 1. The predicted octanol–water partition coefficient (Wildman–Crippen LogP) is 4.13. The van der Waals surface area contributed by atoms with Crippen molar-refractivity contribution in [3.05, 3.63) is 94.7 Å². The third-order valence-electron chi connectivity index (χ3n) is 6.25. The number of hydrogen-bond donors (Lipinski definition) is 1. The molecule has 1 fully saturated rings. The summed E-state index contributed by atoms with van der Waals surface area (Å²) in [6, 6.07) is 17.5. The number of carbonyl (C=O) groups is 3. The molecule has 1 aliphatic heterocycles. The number of amides is 3.